The molecule has 0 aliphatic carbocycles. The molecule has 1 N–H and O–H groups in total. The summed E-state index contributed by atoms with van der Waals surface area (Å²) < 4.78 is 10.9. The van der Waals surface area contributed by atoms with Crippen LogP contribution in [-0.2, 0) is 4.74 Å². The van der Waals surface area contributed by atoms with Crippen molar-refractivity contribution < 1.29 is 19.2 Å². The summed E-state index contributed by atoms with van der Waals surface area (Å²) >= 11 is 0. The van der Waals surface area contributed by atoms with E-state index in [4.69, 9.17) is 9.15 Å². The average Bonchev–Trinajstić information content (AvgIpc) is 2.66. The van der Waals surface area contributed by atoms with Gasteiger partial charge in [0.1, 0.15) is 11.1 Å². The molecular formula is C20H22N2O5. The molecule has 2 aromatic heterocycles. The van der Waals surface area contributed by atoms with Crippen LogP contribution in [0.25, 0.3) is 22.1 Å². The van der Waals surface area contributed by atoms with Gasteiger partial charge in [0, 0.05) is 12.6 Å². The fourth-order valence-electron chi connectivity index (χ4n) is 2.85. The monoisotopic (exact) mass is 370 g/mol. The van der Waals surface area contributed by atoms with E-state index < -0.39 is 5.97 Å². The number of carbonyl (C=O) groups excluding carboxylic acids is 1. The van der Waals surface area contributed by atoms with E-state index in [2.05, 4.69) is 4.98 Å². The zero-order chi connectivity index (χ0) is 19.7. The first-order valence-corrected chi connectivity index (χ1v) is 8.92. The topological polar surface area (TPSA) is 92.9 Å². The van der Waals surface area contributed by atoms with E-state index in [1.165, 1.54) is 6.07 Å². The van der Waals surface area contributed by atoms with Gasteiger partial charge < -0.3 is 9.15 Å². The zero-order valence-corrected chi connectivity index (χ0v) is 15.8. The minimum Gasteiger partial charge on any atom is -0.462 e. The third-order valence-corrected chi connectivity index (χ3v) is 4.36. The van der Waals surface area contributed by atoms with Crippen molar-refractivity contribution in [1.82, 2.24) is 4.98 Å². The van der Waals surface area contributed by atoms with Crippen LogP contribution in [0, 0.1) is 0 Å². The molecule has 0 radical (unpaired) electrons. The lowest BCUT2D eigenvalue weighted by Crippen LogP contribution is -2.23. The van der Waals surface area contributed by atoms with Crippen molar-refractivity contribution >= 4 is 33.9 Å². The predicted octanol–water partition coefficient (Wildman–Crippen LogP) is 3.86. The summed E-state index contributed by atoms with van der Waals surface area (Å²) in [5.41, 5.74) is 1.37. The Balaban J connectivity index is 2.34. The van der Waals surface area contributed by atoms with Crippen LogP contribution in [0.1, 0.15) is 49.5 Å². The summed E-state index contributed by atoms with van der Waals surface area (Å²) in [6, 6.07) is 6.84. The van der Waals surface area contributed by atoms with Crippen molar-refractivity contribution in [2.45, 2.75) is 33.6 Å². The van der Waals surface area contributed by atoms with Crippen LogP contribution < -0.4 is 10.5 Å². The van der Waals surface area contributed by atoms with E-state index in [0.717, 1.165) is 10.6 Å². The van der Waals surface area contributed by atoms with Crippen LogP contribution in [0.2, 0.25) is 0 Å². The summed E-state index contributed by atoms with van der Waals surface area (Å²) in [4.78, 5) is 29.5. The number of nitrogens with zero attached hydrogens (tertiary/aromatic N) is 2. The molecule has 0 saturated carbocycles. The molecule has 0 aliphatic heterocycles. The highest BCUT2D eigenvalue weighted by Crippen LogP contribution is 2.26. The molecule has 2 heterocycles. The number of esters is 1. The summed E-state index contributed by atoms with van der Waals surface area (Å²) in [6.07, 6.45) is 0. The van der Waals surface area contributed by atoms with Crippen molar-refractivity contribution in [2.24, 2.45) is 0 Å². The molecule has 1 aromatic carbocycles. The lowest BCUT2D eigenvalue weighted by Gasteiger charge is -2.17. The highest BCUT2D eigenvalue weighted by molar-refractivity contribution is 5.99. The van der Waals surface area contributed by atoms with Gasteiger partial charge in [0.2, 0.25) is 5.43 Å². The standard InChI is InChI=1S/C20H22N2O5/c1-5-22(25)19-14(20(24)26-6-2)10-16-17(21-19)18(23)13-9-12(11(3)4)7-8-15(13)27-16/h7-11,25H,5-6H2,1-4H3. The number of benzene rings is 1. The first-order chi connectivity index (χ1) is 12.9. The number of hydroxylamine groups is 1. The molecular weight excluding hydrogens is 348 g/mol. The third-order valence-electron chi connectivity index (χ3n) is 4.36. The van der Waals surface area contributed by atoms with Gasteiger partial charge in [-0.2, -0.15) is 0 Å². The van der Waals surface area contributed by atoms with Crippen molar-refractivity contribution in [1.29, 1.82) is 0 Å². The molecule has 0 unspecified atom stereocenters. The van der Waals surface area contributed by atoms with Gasteiger partial charge >= 0.3 is 5.97 Å². The van der Waals surface area contributed by atoms with E-state index in [-0.39, 0.29) is 47.0 Å². The molecule has 27 heavy (non-hydrogen) atoms. The summed E-state index contributed by atoms with van der Waals surface area (Å²) in [7, 11) is 0. The molecule has 7 heteroatoms. The van der Waals surface area contributed by atoms with Crippen molar-refractivity contribution in [3.05, 3.63) is 45.6 Å². The molecule has 0 amide bonds. The van der Waals surface area contributed by atoms with E-state index in [1.54, 1.807) is 26.0 Å². The van der Waals surface area contributed by atoms with Crippen LogP contribution in [0.5, 0.6) is 0 Å². The van der Waals surface area contributed by atoms with Gasteiger partial charge in [0.15, 0.2) is 16.9 Å². The maximum atomic E-state index is 13.0. The molecule has 0 spiro atoms. The van der Waals surface area contributed by atoms with Gasteiger partial charge in [-0.3, -0.25) is 10.0 Å². The summed E-state index contributed by atoms with van der Waals surface area (Å²) in [5, 5.41) is 11.4. The summed E-state index contributed by atoms with van der Waals surface area (Å²) in [5.74, 6) is -0.422. The maximum Gasteiger partial charge on any atom is 0.342 e. The molecule has 3 rings (SSSR count). The Labute approximate surface area is 156 Å². The van der Waals surface area contributed by atoms with Gasteiger partial charge in [0.05, 0.1) is 12.0 Å². The number of hydrogen-bond donors (Lipinski definition) is 1. The number of carbonyl (C=O) groups is 1. The van der Waals surface area contributed by atoms with Gasteiger partial charge in [-0.1, -0.05) is 19.9 Å². The number of anilines is 1. The first-order valence-electron chi connectivity index (χ1n) is 8.92. The molecule has 0 saturated heterocycles. The number of ether oxygens (including phenoxy) is 1. The summed E-state index contributed by atoms with van der Waals surface area (Å²) in [6.45, 7) is 7.81. The minimum atomic E-state index is -0.646. The van der Waals surface area contributed by atoms with Crippen LogP contribution in [0.4, 0.5) is 5.82 Å². The smallest absolute Gasteiger partial charge is 0.342 e. The first kappa shape index (κ1) is 18.8. The lowest BCUT2D eigenvalue weighted by atomic mass is 10.0. The lowest BCUT2D eigenvalue weighted by molar-refractivity contribution is 0.0524. The van der Waals surface area contributed by atoms with Gasteiger partial charge in [0.25, 0.3) is 0 Å². The third kappa shape index (κ3) is 3.38. The van der Waals surface area contributed by atoms with Crippen LogP contribution in [0.15, 0.2) is 33.5 Å². The number of rotatable bonds is 5. The Kier molecular flexibility index (Phi) is 5.14. The van der Waals surface area contributed by atoms with Crippen LogP contribution in [-0.4, -0.2) is 29.3 Å². The quantitative estimate of drug-likeness (QED) is 0.414. The molecule has 0 fully saturated rings. The number of pyridine rings is 1. The van der Waals surface area contributed by atoms with Crippen molar-refractivity contribution in [3.8, 4) is 0 Å². The largest absolute Gasteiger partial charge is 0.462 e. The fraction of sp³-hybridized carbons (Fsp3) is 0.350. The highest BCUT2D eigenvalue weighted by atomic mass is 16.5. The second-order valence-electron chi connectivity index (χ2n) is 6.48. The van der Waals surface area contributed by atoms with Crippen molar-refractivity contribution in [3.63, 3.8) is 0 Å². The second kappa shape index (κ2) is 7.36. The SMILES string of the molecule is CCOC(=O)c1cc2oc3ccc(C(C)C)cc3c(=O)c2nc1N(O)CC. The number of hydrogen-bond acceptors (Lipinski definition) is 7. The predicted molar refractivity (Wildman–Crippen MR) is 103 cm³/mol. The average molecular weight is 370 g/mol. The fourth-order valence-corrected chi connectivity index (χ4v) is 2.85. The molecule has 142 valence electrons. The van der Waals surface area contributed by atoms with Gasteiger partial charge in [-0.25, -0.2) is 14.8 Å². The minimum absolute atomic E-state index is 0.0323. The molecule has 3 aromatic rings. The Morgan fingerprint density at radius 2 is 2.00 bits per heavy atom. The normalized spacial score (nSPS) is 11.3. The molecule has 0 bridgehead atoms. The van der Waals surface area contributed by atoms with E-state index in [1.807, 2.05) is 19.9 Å². The van der Waals surface area contributed by atoms with E-state index in [0.29, 0.717) is 11.0 Å². The molecule has 0 atom stereocenters. The maximum absolute atomic E-state index is 13.0. The Hall–Kier alpha value is -2.93. The van der Waals surface area contributed by atoms with Crippen LogP contribution in [0.3, 0.4) is 0 Å². The van der Waals surface area contributed by atoms with Crippen molar-refractivity contribution in [2.75, 3.05) is 18.2 Å². The number of fused-ring (bicyclic) bond motifs is 2. The van der Waals surface area contributed by atoms with E-state index in [9.17, 15) is 14.8 Å². The Bertz CT molecular complexity index is 1070. The van der Waals surface area contributed by atoms with E-state index >= 15 is 0 Å². The highest BCUT2D eigenvalue weighted by Gasteiger charge is 2.22. The van der Waals surface area contributed by atoms with Gasteiger partial charge in [-0.05, 0) is 37.5 Å². The second-order valence-corrected chi connectivity index (χ2v) is 6.48. The van der Waals surface area contributed by atoms with Crippen LogP contribution >= 0.6 is 0 Å². The number of aromatic nitrogens is 1. The molecule has 0 aliphatic rings. The molecule has 7 nitrogen and oxygen atoms in total. The Morgan fingerprint density at radius 1 is 1.26 bits per heavy atom. The Morgan fingerprint density at radius 3 is 2.63 bits per heavy atom. The van der Waals surface area contributed by atoms with Gasteiger partial charge in [-0.15, -0.1) is 0 Å². The zero-order valence-electron chi connectivity index (χ0n) is 15.8.